The summed E-state index contributed by atoms with van der Waals surface area (Å²) in [5, 5.41) is 2.81. The van der Waals surface area contributed by atoms with Gasteiger partial charge in [0.25, 0.3) is 0 Å². The zero-order chi connectivity index (χ0) is 10.6. The van der Waals surface area contributed by atoms with Crippen molar-refractivity contribution in [2.45, 2.75) is 38.8 Å². The fourth-order valence-electron chi connectivity index (χ4n) is 1.86. The Bertz CT molecular complexity index is 190. The number of carbonyl (C=O) groups is 1. The van der Waals surface area contributed by atoms with Crippen LogP contribution in [0.1, 0.15) is 26.7 Å². The normalized spacial score (nSPS) is 26.0. The average molecular weight is 199 g/mol. The third-order valence-corrected chi connectivity index (χ3v) is 2.79. The molecule has 1 amide bonds. The van der Waals surface area contributed by atoms with Gasteiger partial charge < -0.3 is 11.1 Å². The average Bonchev–Trinajstić information content (AvgIpc) is 2.10. The fraction of sp³-hybridized carbons (Fsp3) is 0.900. The van der Waals surface area contributed by atoms with Gasteiger partial charge in [-0.1, -0.05) is 6.92 Å². The smallest absolute Gasteiger partial charge is 0.234 e. The largest absolute Gasteiger partial charge is 0.355 e. The van der Waals surface area contributed by atoms with Crippen molar-refractivity contribution in [1.82, 2.24) is 10.2 Å². The fourth-order valence-corrected chi connectivity index (χ4v) is 1.86. The molecule has 1 rings (SSSR count). The molecule has 1 fully saturated rings. The van der Waals surface area contributed by atoms with E-state index in [0.29, 0.717) is 25.2 Å². The summed E-state index contributed by atoms with van der Waals surface area (Å²) in [5.74, 6) is 0.120. The second kappa shape index (κ2) is 5.32. The molecule has 1 aliphatic carbocycles. The van der Waals surface area contributed by atoms with E-state index >= 15 is 0 Å². The molecule has 0 atom stereocenters. The van der Waals surface area contributed by atoms with Crippen LogP contribution in [0.25, 0.3) is 0 Å². The third-order valence-electron chi connectivity index (χ3n) is 2.79. The Balaban J connectivity index is 2.28. The number of hydrogen-bond acceptors (Lipinski definition) is 3. The van der Waals surface area contributed by atoms with Gasteiger partial charge in [-0.05, 0) is 26.3 Å². The molecule has 14 heavy (non-hydrogen) atoms. The summed E-state index contributed by atoms with van der Waals surface area (Å²) in [6.45, 7) is 6.17. The number of hydrogen-bond donors (Lipinski definition) is 2. The molecule has 3 N–H and O–H groups in total. The number of nitrogens with two attached hydrogens (primary N) is 1. The van der Waals surface area contributed by atoms with Crippen molar-refractivity contribution in [3.8, 4) is 0 Å². The lowest BCUT2D eigenvalue weighted by Gasteiger charge is -2.40. The lowest BCUT2D eigenvalue weighted by molar-refractivity contribution is -0.123. The van der Waals surface area contributed by atoms with Gasteiger partial charge in [0.1, 0.15) is 0 Å². The molecule has 0 aromatic carbocycles. The summed E-state index contributed by atoms with van der Waals surface area (Å²) < 4.78 is 0. The molecule has 0 radical (unpaired) electrons. The van der Waals surface area contributed by atoms with Gasteiger partial charge in [-0.2, -0.15) is 0 Å². The predicted molar refractivity (Wildman–Crippen MR) is 56.9 cm³/mol. The van der Waals surface area contributed by atoms with Gasteiger partial charge >= 0.3 is 0 Å². The van der Waals surface area contributed by atoms with Gasteiger partial charge in [0.05, 0.1) is 6.54 Å². The van der Waals surface area contributed by atoms with Crippen molar-refractivity contribution in [2.75, 3.05) is 19.6 Å². The van der Waals surface area contributed by atoms with Crippen molar-refractivity contribution in [3.63, 3.8) is 0 Å². The van der Waals surface area contributed by atoms with E-state index in [1.807, 2.05) is 6.92 Å². The Labute approximate surface area is 85.8 Å². The molecular formula is C10H21N3O. The monoisotopic (exact) mass is 199 g/mol. The molecule has 1 saturated carbocycles. The number of nitrogens with one attached hydrogen (secondary N) is 1. The molecule has 0 aromatic heterocycles. The lowest BCUT2D eigenvalue weighted by Crippen LogP contribution is -2.53. The molecule has 0 aromatic rings. The van der Waals surface area contributed by atoms with Crippen LogP contribution in [-0.2, 0) is 4.79 Å². The quantitative estimate of drug-likeness (QED) is 0.652. The Kier molecular flexibility index (Phi) is 4.35. The maximum Gasteiger partial charge on any atom is 0.234 e. The van der Waals surface area contributed by atoms with Crippen molar-refractivity contribution >= 4 is 5.91 Å². The van der Waals surface area contributed by atoms with Crippen LogP contribution in [0.2, 0.25) is 0 Å². The van der Waals surface area contributed by atoms with E-state index < -0.39 is 0 Å². The van der Waals surface area contributed by atoms with E-state index in [0.717, 1.165) is 19.4 Å². The van der Waals surface area contributed by atoms with Crippen molar-refractivity contribution in [2.24, 2.45) is 5.73 Å². The first kappa shape index (κ1) is 11.5. The number of likely N-dealkylation sites (N-methyl/N-ethyl adjacent to an activating group) is 2. The SMILES string of the molecule is CCNC(=O)CN(CC)C1CC(N)C1. The van der Waals surface area contributed by atoms with Crippen LogP contribution < -0.4 is 11.1 Å². The number of rotatable bonds is 5. The standard InChI is InChI=1S/C10H21N3O/c1-3-12-10(14)7-13(4-2)9-5-8(11)6-9/h8-9H,3-7,11H2,1-2H3,(H,12,14). The van der Waals surface area contributed by atoms with E-state index in [2.05, 4.69) is 17.1 Å². The van der Waals surface area contributed by atoms with Crippen molar-refractivity contribution < 1.29 is 4.79 Å². The summed E-state index contributed by atoms with van der Waals surface area (Å²) in [6.07, 6.45) is 2.07. The highest BCUT2D eigenvalue weighted by Crippen LogP contribution is 2.23. The number of amides is 1. The molecular weight excluding hydrogens is 178 g/mol. The first-order chi connectivity index (χ1) is 6.67. The van der Waals surface area contributed by atoms with Gasteiger partial charge in [-0.25, -0.2) is 0 Å². The second-order valence-electron chi connectivity index (χ2n) is 3.90. The molecule has 0 bridgehead atoms. The molecule has 82 valence electrons. The summed E-state index contributed by atoms with van der Waals surface area (Å²) in [5.41, 5.74) is 5.72. The van der Waals surface area contributed by atoms with E-state index in [1.165, 1.54) is 0 Å². The van der Waals surface area contributed by atoms with Crippen molar-refractivity contribution in [3.05, 3.63) is 0 Å². The predicted octanol–water partition coefficient (Wildman–Crippen LogP) is -0.0659. The van der Waals surface area contributed by atoms with Gasteiger partial charge in [0.15, 0.2) is 0 Å². The zero-order valence-corrected chi connectivity index (χ0v) is 9.12. The van der Waals surface area contributed by atoms with Crippen LogP contribution in [0.5, 0.6) is 0 Å². The van der Waals surface area contributed by atoms with Gasteiger partial charge in [0.2, 0.25) is 5.91 Å². The van der Waals surface area contributed by atoms with E-state index in [1.54, 1.807) is 0 Å². The molecule has 1 aliphatic rings. The number of carbonyl (C=O) groups excluding carboxylic acids is 1. The molecule has 0 heterocycles. The lowest BCUT2D eigenvalue weighted by atomic mass is 9.86. The Morgan fingerprint density at radius 1 is 1.50 bits per heavy atom. The van der Waals surface area contributed by atoms with Gasteiger partial charge in [-0.3, -0.25) is 9.69 Å². The minimum absolute atomic E-state index is 0.120. The van der Waals surface area contributed by atoms with Crippen LogP contribution in [0.15, 0.2) is 0 Å². The highest BCUT2D eigenvalue weighted by molar-refractivity contribution is 5.77. The summed E-state index contributed by atoms with van der Waals surface area (Å²) in [4.78, 5) is 13.6. The van der Waals surface area contributed by atoms with Crippen LogP contribution in [0, 0.1) is 0 Å². The summed E-state index contributed by atoms with van der Waals surface area (Å²) >= 11 is 0. The molecule has 4 heteroatoms. The molecule has 0 unspecified atom stereocenters. The highest BCUT2D eigenvalue weighted by atomic mass is 16.2. The molecule has 4 nitrogen and oxygen atoms in total. The second-order valence-corrected chi connectivity index (χ2v) is 3.90. The maximum absolute atomic E-state index is 11.4. The Morgan fingerprint density at radius 3 is 2.57 bits per heavy atom. The summed E-state index contributed by atoms with van der Waals surface area (Å²) in [6, 6.07) is 0.876. The topological polar surface area (TPSA) is 58.4 Å². The number of nitrogens with zero attached hydrogens (tertiary/aromatic N) is 1. The van der Waals surface area contributed by atoms with Crippen LogP contribution in [0.3, 0.4) is 0 Å². The first-order valence-corrected chi connectivity index (χ1v) is 5.43. The van der Waals surface area contributed by atoms with E-state index in [9.17, 15) is 4.79 Å². The maximum atomic E-state index is 11.4. The van der Waals surface area contributed by atoms with Gasteiger partial charge in [-0.15, -0.1) is 0 Å². The Morgan fingerprint density at radius 2 is 2.14 bits per heavy atom. The van der Waals surface area contributed by atoms with Crippen LogP contribution in [0.4, 0.5) is 0 Å². The molecule has 0 saturated heterocycles. The van der Waals surface area contributed by atoms with E-state index in [-0.39, 0.29) is 5.91 Å². The summed E-state index contributed by atoms with van der Waals surface area (Å²) in [7, 11) is 0. The zero-order valence-electron chi connectivity index (χ0n) is 9.12. The van der Waals surface area contributed by atoms with E-state index in [4.69, 9.17) is 5.73 Å². The first-order valence-electron chi connectivity index (χ1n) is 5.43. The van der Waals surface area contributed by atoms with Gasteiger partial charge in [0, 0.05) is 18.6 Å². The Hall–Kier alpha value is -0.610. The van der Waals surface area contributed by atoms with Crippen LogP contribution >= 0.6 is 0 Å². The minimum atomic E-state index is 0.120. The highest BCUT2D eigenvalue weighted by Gasteiger charge is 2.31. The molecule has 0 aliphatic heterocycles. The molecule has 0 spiro atoms. The van der Waals surface area contributed by atoms with Crippen molar-refractivity contribution in [1.29, 1.82) is 0 Å². The minimum Gasteiger partial charge on any atom is -0.355 e. The third kappa shape index (κ3) is 2.96. The van der Waals surface area contributed by atoms with Crippen LogP contribution in [-0.4, -0.2) is 42.5 Å².